The van der Waals surface area contributed by atoms with E-state index in [4.69, 9.17) is 5.73 Å². The van der Waals surface area contributed by atoms with Crippen molar-refractivity contribution < 1.29 is 13.2 Å². The Bertz CT molecular complexity index is 1040. The first-order valence-corrected chi connectivity index (χ1v) is 10.2. The standard InChI is InChI=1S/C19H18N2O3S2/c1-13-8-10-15(11-9-13)21(2)26(23,24)18-16(12-25-17(18)19(20)22)14-6-4-3-5-7-14/h3-12H,1-2H3,(H2,20,22). The van der Waals surface area contributed by atoms with Gasteiger partial charge in [0.2, 0.25) is 0 Å². The molecule has 0 radical (unpaired) electrons. The summed E-state index contributed by atoms with van der Waals surface area (Å²) in [6.07, 6.45) is 0. The van der Waals surface area contributed by atoms with E-state index in [2.05, 4.69) is 0 Å². The van der Waals surface area contributed by atoms with Crippen LogP contribution in [0.25, 0.3) is 11.1 Å². The molecule has 1 heterocycles. The normalized spacial score (nSPS) is 11.3. The summed E-state index contributed by atoms with van der Waals surface area (Å²) in [6.45, 7) is 1.93. The summed E-state index contributed by atoms with van der Waals surface area (Å²) in [5.41, 5.74) is 8.18. The second kappa shape index (κ2) is 6.93. The highest BCUT2D eigenvalue weighted by Crippen LogP contribution is 2.37. The predicted octanol–water partition coefficient (Wildman–Crippen LogP) is 3.65. The molecule has 0 spiro atoms. The van der Waals surface area contributed by atoms with Crippen molar-refractivity contribution in [3.05, 3.63) is 70.4 Å². The Kier molecular flexibility index (Phi) is 4.84. The van der Waals surface area contributed by atoms with Crippen molar-refractivity contribution in [1.29, 1.82) is 0 Å². The predicted molar refractivity (Wildman–Crippen MR) is 105 cm³/mol. The molecule has 0 fully saturated rings. The molecule has 3 rings (SSSR count). The molecule has 0 saturated heterocycles. The topological polar surface area (TPSA) is 80.5 Å². The van der Waals surface area contributed by atoms with Gasteiger partial charge in [-0.05, 0) is 24.6 Å². The zero-order chi connectivity index (χ0) is 18.9. The number of carbonyl (C=O) groups is 1. The van der Waals surface area contributed by atoms with Crippen molar-refractivity contribution >= 4 is 33.0 Å². The molecule has 0 aliphatic carbocycles. The number of benzene rings is 2. The number of amides is 1. The summed E-state index contributed by atoms with van der Waals surface area (Å²) in [4.78, 5) is 11.8. The molecule has 0 aliphatic rings. The average Bonchev–Trinajstić information content (AvgIpc) is 3.09. The number of aryl methyl sites for hydroxylation is 1. The monoisotopic (exact) mass is 386 g/mol. The maximum absolute atomic E-state index is 13.3. The lowest BCUT2D eigenvalue weighted by Gasteiger charge is -2.21. The molecule has 2 N–H and O–H groups in total. The van der Waals surface area contributed by atoms with Gasteiger partial charge in [-0.25, -0.2) is 8.42 Å². The smallest absolute Gasteiger partial charge is 0.266 e. The third-order valence-corrected chi connectivity index (χ3v) is 7.07. The van der Waals surface area contributed by atoms with E-state index in [0.717, 1.165) is 16.9 Å². The van der Waals surface area contributed by atoms with E-state index in [1.54, 1.807) is 29.6 Å². The number of nitrogens with two attached hydrogens (primary N) is 1. The number of hydrogen-bond acceptors (Lipinski definition) is 4. The van der Waals surface area contributed by atoms with Crippen LogP contribution in [0.2, 0.25) is 0 Å². The van der Waals surface area contributed by atoms with Crippen LogP contribution in [0, 0.1) is 6.92 Å². The Morgan fingerprint density at radius 2 is 1.65 bits per heavy atom. The molecular formula is C19H18N2O3S2. The minimum Gasteiger partial charge on any atom is -0.365 e. The third-order valence-electron chi connectivity index (χ3n) is 4.07. The molecule has 5 nitrogen and oxygen atoms in total. The number of anilines is 1. The van der Waals surface area contributed by atoms with Crippen LogP contribution in [0.4, 0.5) is 5.69 Å². The van der Waals surface area contributed by atoms with Crippen LogP contribution in [0.15, 0.2) is 64.9 Å². The molecule has 0 aliphatic heterocycles. The Hall–Kier alpha value is -2.64. The van der Waals surface area contributed by atoms with E-state index >= 15 is 0 Å². The first kappa shape index (κ1) is 18.2. The van der Waals surface area contributed by atoms with Crippen LogP contribution in [-0.2, 0) is 10.0 Å². The minimum atomic E-state index is -3.97. The molecule has 26 heavy (non-hydrogen) atoms. The second-order valence-corrected chi connectivity index (χ2v) is 8.63. The van der Waals surface area contributed by atoms with Gasteiger partial charge in [-0.1, -0.05) is 48.0 Å². The van der Waals surface area contributed by atoms with Gasteiger partial charge < -0.3 is 5.73 Å². The van der Waals surface area contributed by atoms with Crippen molar-refractivity contribution in [2.24, 2.45) is 5.73 Å². The fourth-order valence-corrected chi connectivity index (χ4v) is 5.44. The number of nitrogens with zero attached hydrogens (tertiary/aromatic N) is 1. The summed E-state index contributed by atoms with van der Waals surface area (Å²) >= 11 is 1.04. The van der Waals surface area contributed by atoms with Crippen LogP contribution in [0.1, 0.15) is 15.2 Å². The Balaban J connectivity index is 2.19. The number of carbonyl (C=O) groups excluding carboxylic acids is 1. The molecule has 134 valence electrons. The third kappa shape index (κ3) is 3.23. The maximum Gasteiger partial charge on any atom is 0.266 e. The van der Waals surface area contributed by atoms with Gasteiger partial charge in [0, 0.05) is 18.0 Å². The van der Waals surface area contributed by atoms with Crippen LogP contribution >= 0.6 is 11.3 Å². The first-order valence-electron chi connectivity index (χ1n) is 7.84. The van der Waals surface area contributed by atoms with E-state index in [-0.39, 0.29) is 9.77 Å². The van der Waals surface area contributed by atoms with Crippen LogP contribution in [-0.4, -0.2) is 21.4 Å². The van der Waals surface area contributed by atoms with E-state index in [1.165, 1.54) is 11.4 Å². The van der Waals surface area contributed by atoms with E-state index < -0.39 is 15.9 Å². The summed E-state index contributed by atoms with van der Waals surface area (Å²) in [7, 11) is -2.50. The van der Waals surface area contributed by atoms with Crippen LogP contribution in [0.3, 0.4) is 0 Å². The van der Waals surface area contributed by atoms with E-state index in [1.807, 2.05) is 37.3 Å². The van der Waals surface area contributed by atoms with Crippen molar-refractivity contribution in [1.82, 2.24) is 0 Å². The molecule has 3 aromatic rings. The SMILES string of the molecule is Cc1ccc(N(C)S(=O)(=O)c2c(-c3ccccc3)csc2C(N)=O)cc1. The lowest BCUT2D eigenvalue weighted by atomic mass is 10.1. The van der Waals surface area contributed by atoms with Gasteiger partial charge >= 0.3 is 0 Å². The molecular weight excluding hydrogens is 368 g/mol. The van der Waals surface area contributed by atoms with Gasteiger partial charge in [-0.15, -0.1) is 11.3 Å². The number of sulfonamides is 1. The minimum absolute atomic E-state index is 0.0304. The molecule has 1 amide bonds. The number of hydrogen-bond donors (Lipinski definition) is 1. The summed E-state index contributed by atoms with van der Waals surface area (Å²) in [5, 5.41) is 1.66. The highest BCUT2D eigenvalue weighted by Gasteiger charge is 2.31. The van der Waals surface area contributed by atoms with Gasteiger partial charge in [0.15, 0.2) is 0 Å². The summed E-state index contributed by atoms with van der Waals surface area (Å²) < 4.78 is 27.8. The maximum atomic E-state index is 13.3. The fraction of sp³-hybridized carbons (Fsp3) is 0.105. The lowest BCUT2D eigenvalue weighted by Crippen LogP contribution is -2.28. The largest absolute Gasteiger partial charge is 0.365 e. The molecule has 1 aromatic heterocycles. The highest BCUT2D eigenvalue weighted by atomic mass is 32.2. The molecule has 0 atom stereocenters. The number of primary amides is 1. The number of rotatable bonds is 5. The van der Waals surface area contributed by atoms with Crippen molar-refractivity contribution in [2.45, 2.75) is 11.8 Å². The molecule has 0 saturated carbocycles. The van der Waals surface area contributed by atoms with Gasteiger partial charge in [0.1, 0.15) is 9.77 Å². The Morgan fingerprint density at radius 3 is 2.23 bits per heavy atom. The molecule has 7 heteroatoms. The van der Waals surface area contributed by atoms with E-state index in [0.29, 0.717) is 16.8 Å². The summed E-state index contributed by atoms with van der Waals surface area (Å²) in [5.74, 6) is -0.756. The first-order chi connectivity index (χ1) is 12.3. The Labute approximate surface area is 156 Å². The van der Waals surface area contributed by atoms with E-state index in [9.17, 15) is 13.2 Å². The van der Waals surface area contributed by atoms with Crippen LogP contribution < -0.4 is 10.0 Å². The summed E-state index contributed by atoms with van der Waals surface area (Å²) in [6, 6.07) is 16.2. The van der Waals surface area contributed by atoms with Crippen molar-refractivity contribution in [2.75, 3.05) is 11.4 Å². The zero-order valence-corrected chi connectivity index (χ0v) is 16.0. The Morgan fingerprint density at radius 1 is 1.04 bits per heavy atom. The zero-order valence-electron chi connectivity index (χ0n) is 14.3. The second-order valence-electron chi connectivity index (χ2n) is 5.85. The van der Waals surface area contributed by atoms with Crippen molar-refractivity contribution in [3.8, 4) is 11.1 Å². The number of thiophene rings is 1. The van der Waals surface area contributed by atoms with Crippen molar-refractivity contribution in [3.63, 3.8) is 0 Å². The lowest BCUT2D eigenvalue weighted by molar-refractivity contribution is 0.100. The van der Waals surface area contributed by atoms with Gasteiger partial charge in [0.05, 0.1) is 5.69 Å². The quantitative estimate of drug-likeness (QED) is 0.727. The van der Waals surface area contributed by atoms with Gasteiger partial charge in [-0.3, -0.25) is 9.10 Å². The van der Waals surface area contributed by atoms with Crippen LogP contribution in [0.5, 0.6) is 0 Å². The highest BCUT2D eigenvalue weighted by molar-refractivity contribution is 7.93. The molecule has 0 bridgehead atoms. The van der Waals surface area contributed by atoms with Gasteiger partial charge in [-0.2, -0.15) is 0 Å². The van der Waals surface area contributed by atoms with Gasteiger partial charge in [0.25, 0.3) is 15.9 Å². The fourth-order valence-electron chi connectivity index (χ4n) is 2.62. The molecule has 2 aromatic carbocycles. The molecule has 0 unspecified atom stereocenters. The average molecular weight is 386 g/mol.